The van der Waals surface area contributed by atoms with Crippen LogP contribution in [0.25, 0.3) is 11.0 Å². The second kappa shape index (κ2) is 7.11. The lowest BCUT2D eigenvalue weighted by molar-refractivity contribution is 0.253. The standard InChI is InChI=1S/C17H21N5O/c1-22(2)9-10-23-16-11-13(7-8-18-16)12-19-17-20-14-5-3-4-6-15(14)21-17/h3-8,11H,9-10,12H2,1-2H3,(H2,19,20,21). The average Bonchev–Trinajstić information content (AvgIpc) is 2.96. The van der Waals surface area contributed by atoms with Crippen LogP contribution in [-0.2, 0) is 6.54 Å². The summed E-state index contributed by atoms with van der Waals surface area (Å²) in [6, 6.07) is 11.9. The minimum Gasteiger partial charge on any atom is -0.476 e. The van der Waals surface area contributed by atoms with E-state index < -0.39 is 0 Å². The first kappa shape index (κ1) is 15.3. The zero-order chi connectivity index (χ0) is 16.1. The van der Waals surface area contributed by atoms with Crippen molar-refractivity contribution in [3.8, 4) is 5.88 Å². The fraction of sp³-hybridized carbons (Fsp3) is 0.294. The van der Waals surface area contributed by atoms with Gasteiger partial charge in [-0.2, -0.15) is 0 Å². The largest absolute Gasteiger partial charge is 0.476 e. The summed E-state index contributed by atoms with van der Waals surface area (Å²) in [6.07, 6.45) is 1.76. The van der Waals surface area contributed by atoms with Crippen LogP contribution in [0.5, 0.6) is 5.88 Å². The number of nitrogens with zero attached hydrogens (tertiary/aromatic N) is 3. The molecule has 0 aliphatic rings. The molecule has 23 heavy (non-hydrogen) atoms. The second-order valence-corrected chi connectivity index (χ2v) is 5.61. The first-order valence-corrected chi connectivity index (χ1v) is 7.62. The quantitative estimate of drug-likeness (QED) is 0.702. The zero-order valence-electron chi connectivity index (χ0n) is 13.4. The van der Waals surface area contributed by atoms with Crippen molar-refractivity contribution < 1.29 is 4.74 Å². The third-order valence-electron chi connectivity index (χ3n) is 3.44. The summed E-state index contributed by atoms with van der Waals surface area (Å²) in [5.74, 6) is 1.41. The lowest BCUT2D eigenvalue weighted by Gasteiger charge is -2.11. The molecular weight excluding hydrogens is 290 g/mol. The summed E-state index contributed by atoms with van der Waals surface area (Å²) in [5.41, 5.74) is 3.08. The summed E-state index contributed by atoms with van der Waals surface area (Å²) >= 11 is 0. The van der Waals surface area contributed by atoms with Gasteiger partial charge in [0.1, 0.15) is 6.61 Å². The molecule has 0 radical (unpaired) electrons. The normalized spacial score (nSPS) is 11.1. The molecule has 3 aromatic rings. The number of benzene rings is 1. The molecule has 0 spiro atoms. The second-order valence-electron chi connectivity index (χ2n) is 5.61. The van der Waals surface area contributed by atoms with Gasteiger partial charge >= 0.3 is 0 Å². The van der Waals surface area contributed by atoms with E-state index in [1.165, 1.54) is 0 Å². The van der Waals surface area contributed by atoms with Crippen molar-refractivity contribution in [1.29, 1.82) is 0 Å². The summed E-state index contributed by atoms with van der Waals surface area (Å²) < 4.78 is 5.65. The number of para-hydroxylation sites is 2. The first-order valence-electron chi connectivity index (χ1n) is 7.62. The number of imidazole rings is 1. The molecule has 6 heteroatoms. The minimum atomic E-state index is 0.625. The Morgan fingerprint density at radius 2 is 2.09 bits per heavy atom. The zero-order valence-corrected chi connectivity index (χ0v) is 13.4. The van der Waals surface area contributed by atoms with Crippen molar-refractivity contribution in [1.82, 2.24) is 19.9 Å². The first-order chi connectivity index (χ1) is 11.2. The number of hydrogen-bond acceptors (Lipinski definition) is 5. The Hall–Kier alpha value is -2.60. The number of nitrogens with one attached hydrogen (secondary N) is 2. The van der Waals surface area contributed by atoms with Crippen LogP contribution in [0.4, 0.5) is 5.95 Å². The molecule has 0 aliphatic carbocycles. The number of rotatable bonds is 7. The maximum atomic E-state index is 5.65. The summed E-state index contributed by atoms with van der Waals surface area (Å²) in [4.78, 5) is 14.1. The number of likely N-dealkylation sites (N-methyl/N-ethyl adjacent to an activating group) is 1. The SMILES string of the molecule is CN(C)CCOc1cc(CNc2nc3ccccc3[nH]2)ccn1. The van der Waals surface area contributed by atoms with Gasteiger partial charge in [-0.05, 0) is 37.9 Å². The van der Waals surface area contributed by atoms with Crippen molar-refractivity contribution in [2.45, 2.75) is 6.54 Å². The number of hydrogen-bond donors (Lipinski definition) is 2. The molecule has 0 atom stereocenters. The number of pyridine rings is 1. The molecule has 3 rings (SSSR count). The molecule has 120 valence electrons. The summed E-state index contributed by atoms with van der Waals surface area (Å²) in [6.45, 7) is 2.15. The van der Waals surface area contributed by atoms with Gasteiger partial charge in [-0.3, -0.25) is 0 Å². The van der Waals surface area contributed by atoms with E-state index in [2.05, 4.69) is 25.2 Å². The molecule has 0 amide bonds. The van der Waals surface area contributed by atoms with Crippen molar-refractivity contribution in [2.24, 2.45) is 0 Å². The highest BCUT2D eigenvalue weighted by Gasteiger charge is 2.03. The van der Waals surface area contributed by atoms with Crippen LogP contribution in [-0.4, -0.2) is 47.1 Å². The van der Waals surface area contributed by atoms with Crippen molar-refractivity contribution >= 4 is 17.0 Å². The monoisotopic (exact) mass is 311 g/mol. The van der Waals surface area contributed by atoms with E-state index in [9.17, 15) is 0 Å². The Morgan fingerprint density at radius 1 is 1.22 bits per heavy atom. The number of fused-ring (bicyclic) bond motifs is 1. The van der Waals surface area contributed by atoms with Crippen LogP contribution < -0.4 is 10.1 Å². The predicted molar refractivity (Wildman–Crippen MR) is 91.7 cm³/mol. The summed E-state index contributed by atoms with van der Waals surface area (Å²) in [7, 11) is 4.04. The number of aromatic nitrogens is 3. The molecule has 0 saturated heterocycles. The molecular formula is C17H21N5O. The molecule has 6 nitrogen and oxygen atoms in total. The maximum absolute atomic E-state index is 5.65. The van der Waals surface area contributed by atoms with Crippen molar-refractivity contribution in [2.75, 3.05) is 32.6 Å². The highest BCUT2D eigenvalue weighted by Crippen LogP contribution is 2.15. The molecule has 0 unspecified atom stereocenters. The number of ether oxygens (including phenoxy) is 1. The number of aromatic amines is 1. The van der Waals surface area contributed by atoms with Crippen LogP contribution in [0, 0.1) is 0 Å². The Kier molecular flexibility index (Phi) is 4.73. The number of anilines is 1. The van der Waals surface area contributed by atoms with E-state index in [1.54, 1.807) is 6.20 Å². The van der Waals surface area contributed by atoms with Crippen LogP contribution in [0.1, 0.15) is 5.56 Å². The fourth-order valence-electron chi connectivity index (χ4n) is 2.19. The van der Waals surface area contributed by atoms with E-state index in [1.807, 2.05) is 50.5 Å². The molecule has 2 N–H and O–H groups in total. The molecule has 2 aromatic heterocycles. The van der Waals surface area contributed by atoms with Crippen LogP contribution in [0.2, 0.25) is 0 Å². The van der Waals surface area contributed by atoms with Gasteiger partial charge in [0, 0.05) is 25.4 Å². The fourth-order valence-corrected chi connectivity index (χ4v) is 2.19. The maximum Gasteiger partial charge on any atom is 0.213 e. The van der Waals surface area contributed by atoms with Crippen LogP contribution in [0.3, 0.4) is 0 Å². The highest BCUT2D eigenvalue weighted by molar-refractivity contribution is 5.77. The molecule has 0 bridgehead atoms. The van der Waals surface area contributed by atoms with E-state index in [0.29, 0.717) is 19.0 Å². The van der Waals surface area contributed by atoms with E-state index in [0.717, 1.165) is 29.1 Å². The van der Waals surface area contributed by atoms with Crippen LogP contribution in [0.15, 0.2) is 42.6 Å². The Labute approximate surface area is 135 Å². The molecule has 0 fully saturated rings. The van der Waals surface area contributed by atoms with E-state index in [-0.39, 0.29) is 0 Å². The molecule has 1 aromatic carbocycles. The van der Waals surface area contributed by atoms with Gasteiger partial charge in [-0.15, -0.1) is 0 Å². The Morgan fingerprint density at radius 3 is 2.91 bits per heavy atom. The molecule has 0 aliphatic heterocycles. The van der Waals surface area contributed by atoms with Gasteiger partial charge < -0.3 is 19.9 Å². The molecule has 2 heterocycles. The topological polar surface area (TPSA) is 66.1 Å². The van der Waals surface area contributed by atoms with Gasteiger partial charge in [0.2, 0.25) is 11.8 Å². The third-order valence-corrected chi connectivity index (χ3v) is 3.44. The predicted octanol–water partition coefficient (Wildman–Crippen LogP) is 2.51. The molecule has 0 saturated carbocycles. The van der Waals surface area contributed by atoms with Gasteiger partial charge in [0.15, 0.2) is 0 Å². The minimum absolute atomic E-state index is 0.625. The van der Waals surface area contributed by atoms with Crippen molar-refractivity contribution in [3.63, 3.8) is 0 Å². The lowest BCUT2D eigenvalue weighted by Crippen LogP contribution is -2.19. The highest BCUT2D eigenvalue weighted by atomic mass is 16.5. The van der Waals surface area contributed by atoms with E-state index >= 15 is 0 Å². The lowest BCUT2D eigenvalue weighted by atomic mass is 10.2. The Bertz CT molecular complexity index is 735. The van der Waals surface area contributed by atoms with Crippen LogP contribution >= 0.6 is 0 Å². The third kappa shape index (κ3) is 4.20. The smallest absolute Gasteiger partial charge is 0.213 e. The van der Waals surface area contributed by atoms with Gasteiger partial charge in [0.25, 0.3) is 0 Å². The van der Waals surface area contributed by atoms with Gasteiger partial charge in [0.05, 0.1) is 11.0 Å². The summed E-state index contributed by atoms with van der Waals surface area (Å²) in [5, 5.41) is 3.29. The number of H-pyrrole nitrogens is 1. The van der Waals surface area contributed by atoms with Gasteiger partial charge in [-0.25, -0.2) is 9.97 Å². The van der Waals surface area contributed by atoms with Crippen molar-refractivity contribution in [3.05, 3.63) is 48.2 Å². The van der Waals surface area contributed by atoms with E-state index in [4.69, 9.17) is 4.74 Å². The average molecular weight is 311 g/mol. The Balaban J connectivity index is 1.59. The van der Waals surface area contributed by atoms with Gasteiger partial charge in [-0.1, -0.05) is 12.1 Å².